The molecule has 4 nitrogen and oxygen atoms in total. The Kier molecular flexibility index (Phi) is 9.06. The van der Waals surface area contributed by atoms with Crippen molar-refractivity contribution in [1.82, 2.24) is 4.90 Å². The van der Waals surface area contributed by atoms with Gasteiger partial charge in [-0.05, 0) is 89.0 Å². The lowest BCUT2D eigenvalue weighted by Crippen LogP contribution is -2.41. The second-order valence-electron chi connectivity index (χ2n) is 10.9. The lowest BCUT2D eigenvalue weighted by molar-refractivity contribution is -0.156. The first-order valence-electron chi connectivity index (χ1n) is 12.5. The normalized spacial score (nSPS) is 21.3. The number of esters is 1. The summed E-state index contributed by atoms with van der Waals surface area (Å²) in [5.41, 5.74) is -3.11. The number of hydrogen-bond acceptors (Lipinski definition) is 4. The summed E-state index contributed by atoms with van der Waals surface area (Å²) in [5.74, 6) is -1.36. The smallest absolute Gasteiger partial charge is 0.416 e. The maximum absolute atomic E-state index is 13.7. The minimum atomic E-state index is -4.98. The molecular weight excluding hydrogens is 531 g/mol. The summed E-state index contributed by atoms with van der Waals surface area (Å²) in [4.78, 5) is 14.2. The van der Waals surface area contributed by atoms with Gasteiger partial charge in [-0.1, -0.05) is 12.1 Å². The number of rotatable bonds is 7. The van der Waals surface area contributed by atoms with Crippen molar-refractivity contribution in [3.05, 3.63) is 70.5 Å². The van der Waals surface area contributed by atoms with Crippen LogP contribution < -0.4 is 0 Å². The fourth-order valence-corrected chi connectivity index (χ4v) is 4.96. The highest BCUT2D eigenvalue weighted by Crippen LogP contribution is 2.43. The molecule has 216 valence electrons. The van der Waals surface area contributed by atoms with Crippen molar-refractivity contribution in [2.75, 3.05) is 13.6 Å². The summed E-state index contributed by atoms with van der Waals surface area (Å²) in [5, 5.41) is 0. The molecule has 3 rings (SSSR count). The summed E-state index contributed by atoms with van der Waals surface area (Å²) in [6.07, 6.45) is -10.8. The van der Waals surface area contributed by atoms with Crippen molar-refractivity contribution in [3.8, 4) is 0 Å². The molecule has 0 saturated heterocycles. The Morgan fingerprint density at radius 3 is 1.97 bits per heavy atom. The Morgan fingerprint density at radius 2 is 1.49 bits per heavy atom. The van der Waals surface area contributed by atoms with Gasteiger partial charge in [0.25, 0.3) is 0 Å². The highest BCUT2D eigenvalue weighted by molar-refractivity contribution is 5.72. The van der Waals surface area contributed by atoms with E-state index < -0.39 is 59.0 Å². The van der Waals surface area contributed by atoms with Crippen LogP contribution in [0, 0.1) is 5.82 Å². The topological polar surface area (TPSA) is 38.8 Å². The summed E-state index contributed by atoms with van der Waals surface area (Å²) < 4.78 is 106. The molecule has 11 heteroatoms. The van der Waals surface area contributed by atoms with Crippen LogP contribution in [0.25, 0.3) is 0 Å². The van der Waals surface area contributed by atoms with E-state index in [0.29, 0.717) is 30.5 Å². The largest absolute Gasteiger partial charge is 0.459 e. The van der Waals surface area contributed by atoms with Gasteiger partial charge in [0, 0.05) is 12.0 Å². The highest BCUT2D eigenvalue weighted by atomic mass is 19.4. The van der Waals surface area contributed by atoms with Crippen molar-refractivity contribution >= 4 is 5.97 Å². The van der Waals surface area contributed by atoms with Crippen LogP contribution in [0.4, 0.5) is 30.7 Å². The van der Waals surface area contributed by atoms with Crippen LogP contribution in [-0.2, 0) is 26.6 Å². The molecule has 0 bridgehead atoms. The summed E-state index contributed by atoms with van der Waals surface area (Å²) in [6.45, 7) is 6.57. The van der Waals surface area contributed by atoms with E-state index in [1.165, 1.54) is 19.1 Å². The molecule has 0 unspecified atom stereocenters. The molecule has 0 radical (unpaired) electrons. The molecular formula is C28H32F7NO3. The molecule has 1 fully saturated rings. The third-order valence-electron chi connectivity index (χ3n) is 6.64. The van der Waals surface area contributed by atoms with Gasteiger partial charge in [0.05, 0.1) is 29.9 Å². The van der Waals surface area contributed by atoms with Gasteiger partial charge >= 0.3 is 18.3 Å². The van der Waals surface area contributed by atoms with Crippen LogP contribution in [0.15, 0.2) is 42.5 Å². The third kappa shape index (κ3) is 8.17. The molecule has 39 heavy (non-hydrogen) atoms. The standard InChI is InChI=1S/C28H32F7NO3/c1-16(18-12-19(27(30,31)32)14-20(13-18)28(33,34)35)38-23-11-10-22(25(23)17-6-8-21(29)9-7-17)36(5)15-24(37)39-26(2,3)4/h6-9,12-14,16,22-23,25H,10-11,15H2,1-5H3/t16-,22-,23+,25+/m1/s1. The van der Waals surface area contributed by atoms with Crippen molar-refractivity contribution in [2.45, 2.75) is 82.7 Å². The number of nitrogens with zero attached hydrogens (tertiary/aromatic N) is 1. The zero-order chi connectivity index (χ0) is 29.3. The molecule has 0 aromatic heterocycles. The molecule has 0 spiro atoms. The Hall–Kier alpha value is -2.66. The SMILES string of the molecule is C[C@@H](O[C@H]1CC[C@@H](N(C)CC(=O)OC(C)(C)C)[C@@H]1c1ccc(F)cc1)c1cc(C(F)(F)F)cc(C(F)(F)F)c1. The molecule has 2 aromatic carbocycles. The molecule has 1 aliphatic carbocycles. The zero-order valence-electron chi connectivity index (χ0n) is 22.3. The van der Waals surface area contributed by atoms with Crippen LogP contribution in [0.2, 0.25) is 0 Å². The average Bonchev–Trinajstić information content (AvgIpc) is 3.20. The van der Waals surface area contributed by atoms with E-state index in [1.807, 2.05) is 0 Å². The first-order chi connectivity index (χ1) is 17.8. The number of ether oxygens (including phenoxy) is 2. The first-order valence-corrected chi connectivity index (χ1v) is 12.5. The van der Waals surface area contributed by atoms with Gasteiger partial charge in [-0.15, -0.1) is 0 Å². The Balaban J connectivity index is 1.90. The third-order valence-corrected chi connectivity index (χ3v) is 6.64. The number of alkyl halides is 6. The van der Waals surface area contributed by atoms with Crippen molar-refractivity contribution in [3.63, 3.8) is 0 Å². The lowest BCUT2D eigenvalue weighted by Gasteiger charge is -2.33. The zero-order valence-corrected chi connectivity index (χ0v) is 22.3. The van der Waals surface area contributed by atoms with E-state index in [-0.39, 0.29) is 24.2 Å². The average molecular weight is 564 g/mol. The molecule has 0 heterocycles. The number of halogens is 7. The van der Waals surface area contributed by atoms with Gasteiger partial charge < -0.3 is 9.47 Å². The Bertz CT molecular complexity index is 1110. The molecule has 1 saturated carbocycles. The second-order valence-corrected chi connectivity index (χ2v) is 10.9. The lowest BCUT2D eigenvalue weighted by atomic mass is 9.91. The summed E-state index contributed by atoms with van der Waals surface area (Å²) in [7, 11) is 1.72. The summed E-state index contributed by atoms with van der Waals surface area (Å²) in [6, 6.07) is 6.77. The molecule has 1 aliphatic rings. The van der Waals surface area contributed by atoms with E-state index in [4.69, 9.17) is 9.47 Å². The number of benzene rings is 2. The van der Waals surface area contributed by atoms with E-state index in [9.17, 15) is 35.5 Å². The predicted octanol–water partition coefficient (Wildman–Crippen LogP) is 7.53. The maximum Gasteiger partial charge on any atom is 0.416 e. The van der Waals surface area contributed by atoms with Crippen molar-refractivity contribution in [1.29, 1.82) is 0 Å². The highest BCUT2D eigenvalue weighted by Gasteiger charge is 2.42. The predicted molar refractivity (Wildman–Crippen MR) is 130 cm³/mol. The van der Waals surface area contributed by atoms with Gasteiger partial charge in [0.15, 0.2) is 0 Å². The number of hydrogen-bond donors (Lipinski definition) is 0. The minimum Gasteiger partial charge on any atom is -0.459 e. The molecule has 2 aromatic rings. The van der Waals surface area contributed by atoms with Crippen molar-refractivity contribution < 1.29 is 45.0 Å². The fourth-order valence-electron chi connectivity index (χ4n) is 4.96. The quantitative estimate of drug-likeness (QED) is 0.258. The summed E-state index contributed by atoms with van der Waals surface area (Å²) >= 11 is 0. The molecule has 0 N–H and O–H groups in total. The number of likely N-dealkylation sites (N-methyl/N-ethyl adjacent to an activating group) is 1. The van der Waals surface area contributed by atoms with E-state index >= 15 is 0 Å². The van der Waals surface area contributed by atoms with E-state index in [2.05, 4.69) is 0 Å². The van der Waals surface area contributed by atoms with E-state index in [0.717, 1.165) is 0 Å². The Labute approximate surface area is 223 Å². The van der Waals surface area contributed by atoms with Crippen LogP contribution in [0.5, 0.6) is 0 Å². The van der Waals surface area contributed by atoms with Gasteiger partial charge in [-0.3, -0.25) is 9.69 Å². The van der Waals surface area contributed by atoms with E-state index in [1.54, 1.807) is 44.9 Å². The van der Waals surface area contributed by atoms with Gasteiger partial charge in [0.1, 0.15) is 11.4 Å². The molecule has 4 atom stereocenters. The van der Waals surface area contributed by atoms with Gasteiger partial charge in [-0.2, -0.15) is 26.3 Å². The van der Waals surface area contributed by atoms with Gasteiger partial charge in [0.2, 0.25) is 0 Å². The van der Waals surface area contributed by atoms with Gasteiger partial charge in [-0.25, -0.2) is 4.39 Å². The second kappa shape index (κ2) is 11.4. The minimum absolute atomic E-state index is 0.0511. The molecule has 0 aliphatic heterocycles. The maximum atomic E-state index is 13.7. The Morgan fingerprint density at radius 1 is 0.949 bits per heavy atom. The van der Waals surface area contributed by atoms with Crippen LogP contribution >= 0.6 is 0 Å². The molecule has 0 amide bonds. The monoisotopic (exact) mass is 563 g/mol. The van der Waals surface area contributed by atoms with Crippen LogP contribution in [-0.4, -0.2) is 42.2 Å². The number of carbonyl (C=O) groups is 1. The fraction of sp³-hybridized carbons (Fsp3) is 0.536. The van der Waals surface area contributed by atoms with Crippen LogP contribution in [0.3, 0.4) is 0 Å². The number of carbonyl (C=O) groups excluding carboxylic acids is 1. The van der Waals surface area contributed by atoms with Crippen LogP contribution in [0.1, 0.15) is 74.8 Å². The van der Waals surface area contributed by atoms with Crippen molar-refractivity contribution in [2.24, 2.45) is 0 Å². The first kappa shape index (κ1) is 30.9.